The first-order valence-corrected chi connectivity index (χ1v) is 10.6. The number of hydrogen-bond donors (Lipinski definition) is 0. The molecule has 0 N–H and O–H groups in total. The first-order valence-electron chi connectivity index (χ1n) is 10.6. The molecule has 0 aliphatic carbocycles. The Morgan fingerprint density at radius 2 is 2.03 bits per heavy atom. The molecule has 1 amide bonds. The van der Waals surface area contributed by atoms with Gasteiger partial charge in [0.25, 0.3) is 5.91 Å². The zero-order valence-electron chi connectivity index (χ0n) is 18.0. The Morgan fingerprint density at radius 1 is 1.12 bits per heavy atom. The number of carbonyl (C=O) groups excluding carboxylic acids is 1. The molecule has 1 aromatic carbocycles. The van der Waals surface area contributed by atoms with Gasteiger partial charge >= 0.3 is 0 Å². The van der Waals surface area contributed by atoms with Crippen LogP contribution in [0.15, 0.2) is 59.3 Å². The van der Waals surface area contributed by atoms with Crippen molar-refractivity contribution in [3.8, 4) is 22.6 Å². The van der Waals surface area contributed by atoms with Gasteiger partial charge in [-0.1, -0.05) is 12.1 Å². The van der Waals surface area contributed by atoms with Gasteiger partial charge in [0.1, 0.15) is 0 Å². The summed E-state index contributed by atoms with van der Waals surface area (Å²) in [5.41, 5.74) is 2.63. The molecule has 8 nitrogen and oxygen atoms in total. The summed E-state index contributed by atoms with van der Waals surface area (Å²) in [6, 6.07) is 13.2. The Bertz CT molecular complexity index is 1250. The molecule has 4 heterocycles. The summed E-state index contributed by atoms with van der Waals surface area (Å²) in [4.78, 5) is 19.3. The number of methoxy groups -OCH3 is 2. The van der Waals surface area contributed by atoms with Crippen LogP contribution < -0.4 is 9.47 Å². The summed E-state index contributed by atoms with van der Waals surface area (Å²) in [6.07, 6.45) is 5.30. The number of hydrogen-bond acceptors (Lipinski definition) is 6. The Morgan fingerprint density at radius 3 is 2.81 bits per heavy atom. The normalized spacial score (nSPS) is 16.3. The number of carbonyl (C=O) groups is 1. The first kappa shape index (κ1) is 20.1. The third-order valence-corrected chi connectivity index (χ3v) is 5.87. The van der Waals surface area contributed by atoms with Gasteiger partial charge in [0, 0.05) is 36.3 Å². The van der Waals surface area contributed by atoms with Crippen molar-refractivity contribution in [3.63, 3.8) is 0 Å². The number of furan rings is 1. The van der Waals surface area contributed by atoms with Crippen LogP contribution in [-0.2, 0) is 0 Å². The van der Waals surface area contributed by atoms with Crippen LogP contribution in [0.3, 0.4) is 0 Å². The molecule has 4 aromatic rings. The molecule has 0 saturated carbocycles. The molecule has 8 heteroatoms. The SMILES string of the molecule is COc1cccc(-c2ccc3nc([C@@H]4CCCN(C(=O)c5ccco5)C4)nn3c2)c1OC. The smallest absolute Gasteiger partial charge is 0.289 e. The molecule has 1 aliphatic heterocycles. The molecule has 0 bridgehead atoms. The minimum absolute atomic E-state index is 0.0809. The van der Waals surface area contributed by atoms with Crippen LogP contribution in [0.1, 0.15) is 35.1 Å². The van der Waals surface area contributed by atoms with E-state index in [1.807, 2.05) is 41.4 Å². The number of likely N-dealkylation sites (tertiary alicyclic amines) is 1. The van der Waals surface area contributed by atoms with Crippen LogP contribution in [-0.4, -0.2) is 52.7 Å². The maximum atomic E-state index is 12.7. The van der Waals surface area contributed by atoms with E-state index in [9.17, 15) is 4.79 Å². The van der Waals surface area contributed by atoms with Crippen molar-refractivity contribution >= 4 is 11.6 Å². The highest BCUT2D eigenvalue weighted by Gasteiger charge is 2.29. The van der Waals surface area contributed by atoms with Gasteiger partial charge < -0.3 is 18.8 Å². The lowest BCUT2D eigenvalue weighted by molar-refractivity contribution is 0.0672. The monoisotopic (exact) mass is 432 g/mol. The van der Waals surface area contributed by atoms with Gasteiger partial charge in [-0.2, -0.15) is 5.10 Å². The lowest BCUT2D eigenvalue weighted by Crippen LogP contribution is -2.39. The molecule has 1 saturated heterocycles. The van der Waals surface area contributed by atoms with Gasteiger partial charge in [0.05, 0.1) is 20.5 Å². The van der Waals surface area contributed by atoms with Crippen LogP contribution in [0.2, 0.25) is 0 Å². The molecule has 0 spiro atoms. The highest BCUT2D eigenvalue weighted by Crippen LogP contribution is 2.37. The van der Waals surface area contributed by atoms with E-state index < -0.39 is 0 Å². The Hall–Kier alpha value is -3.81. The fourth-order valence-electron chi connectivity index (χ4n) is 4.28. The lowest BCUT2D eigenvalue weighted by atomic mass is 9.97. The number of piperidine rings is 1. The van der Waals surface area contributed by atoms with Crippen molar-refractivity contribution in [2.24, 2.45) is 0 Å². The molecule has 0 unspecified atom stereocenters. The highest BCUT2D eigenvalue weighted by molar-refractivity contribution is 5.91. The quantitative estimate of drug-likeness (QED) is 0.474. The Balaban J connectivity index is 1.43. The third-order valence-electron chi connectivity index (χ3n) is 5.87. The topological polar surface area (TPSA) is 82.1 Å². The Labute approximate surface area is 185 Å². The summed E-state index contributed by atoms with van der Waals surface area (Å²) < 4.78 is 18.1. The molecule has 1 atom stereocenters. The summed E-state index contributed by atoms with van der Waals surface area (Å²) >= 11 is 0. The molecule has 32 heavy (non-hydrogen) atoms. The summed E-state index contributed by atoms with van der Waals surface area (Å²) in [5, 5.41) is 4.75. The van der Waals surface area contributed by atoms with Crippen molar-refractivity contribution in [1.29, 1.82) is 0 Å². The van der Waals surface area contributed by atoms with Crippen LogP contribution >= 0.6 is 0 Å². The molecule has 1 aliphatic rings. The predicted molar refractivity (Wildman–Crippen MR) is 118 cm³/mol. The molecule has 5 rings (SSSR count). The molecular formula is C24H24N4O4. The zero-order chi connectivity index (χ0) is 22.1. The fourth-order valence-corrected chi connectivity index (χ4v) is 4.28. The summed E-state index contributed by atoms with van der Waals surface area (Å²) in [6.45, 7) is 1.29. The third kappa shape index (κ3) is 3.57. The van der Waals surface area contributed by atoms with Crippen molar-refractivity contribution in [2.75, 3.05) is 27.3 Å². The van der Waals surface area contributed by atoms with Crippen LogP contribution in [0, 0.1) is 0 Å². The number of pyridine rings is 1. The minimum atomic E-state index is -0.0872. The van der Waals surface area contributed by atoms with Gasteiger partial charge in [0.2, 0.25) is 0 Å². The molecule has 1 fully saturated rings. The van der Waals surface area contributed by atoms with E-state index in [0.29, 0.717) is 30.3 Å². The highest BCUT2D eigenvalue weighted by atomic mass is 16.5. The minimum Gasteiger partial charge on any atom is -0.493 e. The van der Waals surface area contributed by atoms with Gasteiger partial charge in [-0.3, -0.25) is 4.79 Å². The second-order valence-corrected chi connectivity index (χ2v) is 7.80. The molecule has 164 valence electrons. The number of para-hydroxylation sites is 1. The maximum absolute atomic E-state index is 12.7. The van der Waals surface area contributed by atoms with Crippen LogP contribution in [0.4, 0.5) is 0 Å². The second-order valence-electron chi connectivity index (χ2n) is 7.80. The summed E-state index contributed by atoms with van der Waals surface area (Å²) in [5.74, 6) is 2.46. The van der Waals surface area contributed by atoms with Crippen molar-refractivity contribution in [3.05, 3.63) is 66.5 Å². The largest absolute Gasteiger partial charge is 0.493 e. The van der Waals surface area contributed by atoms with E-state index in [2.05, 4.69) is 0 Å². The number of amides is 1. The Kier molecular flexibility index (Phi) is 5.26. The average molecular weight is 432 g/mol. The van der Waals surface area contributed by atoms with E-state index >= 15 is 0 Å². The van der Waals surface area contributed by atoms with Crippen LogP contribution in [0.5, 0.6) is 11.5 Å². The first-order chi connectivity index (χ1) is 15.7. The van der Waals surface area contributed by atoms with Crippen molar-refractivity contribution in [1.82, 2.24) is 19.5 Å². The van der Waals surface area contributed by atoms with E-state index in [1.165, 1.54) is 6.26 Å². The fraction of sp³-hybridized carbons (Fsp3) is 0.292. The predicted octanol–water partition coefficient (Wildman–Crippen LogP) is 4.03. The number of nitrogens with zero attached hydrogens (tertiary/aromatic N) is 4. The lowest BCUT2D eigenvalue weighted by Gasteiger charge is -2.30. The average Bonchev–Trinajstić information content (AvgIpc) is 3.53. The van der Waals surface area contributed by atoms with Gasteiger partial charge in [0.15, 0.2) is 28.7 Å². The molecule has 3 aromatic heterocycles. The van der Waals surface area contributed by atoms with Crippen LogP contribution in [0.25, 0.3) is 16.8 Å². The number of aromatic nitrogens is 3. The van der Waals surface area contributed by atoms with E-state index in [0.717, 1.165) is 35.4 Å². The van der Waals surface area contributed by atoms with E-state index in [1.54, 1.807) is 30.9 Å². The van der Waals surface area contributed by atoms with E-state index in [4.69, 9.17) is 24.0 Å². The van der Waals surface area contributed by atoms with Gasteiger partial charge in [-0.15, -0.1) is 0 Å². The summed E-state index contributed by atoms with van der Waals surface area (Å²) in [7, 11) is 3.25. The van der Waals surface area contributed by atoms with E-state index in [-0.39, 0.29) is 11.8 Å². The maximum Gasteiger partial charge on any atom is 0.289 e. The number of rotatable bonds is 5. The van der Waals surface area contributed by atoms with Gasteiger partial charge in [-0.05, 0) is 43.2 Å². The number of fused-ring (bicyclic) bond motifs is 1. The number of ether oxygens (including phenoxy) is 2. The standard InChI is InChI=1S/C24H24N4O4/c1-30-19-8-3-7-18(22(19)31-2)16-10-11-21-25-23(26-28(21)15-16)17-6-4-12-27(14-17)24(29)20-9-5-13-32-20/h3,5,7-11,13,15,17H,4,6,12,14H2,1-2H3/t17-/m1/s1. The molecule has 0 radical (unpaired) electrons. The second kappa shape index (κ2) is 8.37. The van der Waals surface area contributed by atoms with Crippen molar-refractivity contribution in [2.45, 2.75) is 18.8 Å². The van der Waals surface area contributed by atoms with Crippen molar-refractivity contribution < 1.29 is 18.7 Å². The zero-order valence-corrected chi connectivity index (χ0v) is 18.0. The van der Waals surface area contributed by atoms with Gasteiger partial charge in [-0.25, -0.2) is 9.50 Å². The number of benzene rings is 1. The molecular weight excluding hydrogens is 408 g/mol.